The second-order valence-electron chi connectivity index (χ2n) is 3.48. The Hall–Kier alpha value is -0.890. The first-order valence-electron chi connectivity index (χ1n) is 4.62. The van der Waals surface area contributed by atoms with Crippen molar-refractivity contribution in [2.45, 2.75) is 0 Å². The molecule has 0 spiro atoms. The lowest BCUT2D eigenvalue weighted by atomic mass is 10.1. The minimum atomic E-state index is 0.548. The summed E-state index contributed by atoms with van der Waals surface area (Å²) in [6.07, 6.45) is 0. The van der Waals surface area contributed by atoms with Gasteiger partial charge in [-0.15, -0.1) is 0 Å². The van der Waals surface area contributed by atoms with Crippen molar-refractivity contribution in [2.75, 3.05) is 0 Å². The summed E-state index contributed by atoms with van der Waals surface area (Å²) >= 11 is 18.1. The van der Waals surface area contributed by atoms with Crippen LogP contribution >= 0.6 is 34.8 Å². The number of furan rings is 1. The second-order valence-corrected chi connectivity index (χ2v) is 4.73. The summed E-state index contributed by atoms with van der Waals surface area (Å²) in [5.74, 6) is 0. The van der Waals surface area contributed by atoms with E-state index in [1.165, 1.54) is 0 Å². The summed E-state index contributed by atoms with van der Waals surface area (Å²) in [6.45, 7) is 0. The average molecular weight is 272 g/mol. The molecule has 2 aromatic carbocycles. The van der Waals surface area contributed by atoms with Gasteiger partial charge < -0.3 is 4.42 Å². The Balaban J connectivity index is 2.62. The van der Waals surface area contributed by atoms with Crippen molar-refractivity contribution in [3.8, 4) is 0 Å². The van der Waals surface area contributed by atoms with Crippen molar-refractivity contribution in [1.82, 2.24) is 0 Å². The van der Waals surface area contributed by atoms with E-state index in [2.05, 4.69) is 0 Å². The van der Waals surface area contributed by atoms with Crippen LogP contribution in [0.1, 0.15) is 0 Å². The Kier molecular flexibility index (Phi) is 2.28. The predicted molar refractivity (Wildman–Crippen MR) is 68.8 cm³/mol. The Labute approximate surface area is 106 Å². The molecule has 0 N–H and O–H groups in total. The van der Waals surface area contributed by atoms with Crippen LogP contribution in [-0.2, 0) is 0 Å². The van der Waals surface area contributed by atoms with Crippen LogP contribution in [0.25, 0.3) is 21.9 Å². The van der Waals surface area contributed by atoms with Gasteiger partial charge in [0.2, 0.25) is 0 Å². The minimum Gasteiger partial charge on any atom is -0.454 e. The van der Waals surface area contributed by atoms with Gasteiger partial charge in [-0.3, -0.25) is 0 Å². The normalized spacial score (nSPS) is 11.4. The van der Waals surface area contributed by atoms with E-state index < -0.39 is 0 Å². The van der Waals surface area contributed by atoms with Gasteiger partial charge in [0.05, 0.1) is 10.0 Å². The van der Waals surface area contributed by atoms with E-state index in [-0.39, 0.29) is 0 Å². The molecular weight excluding hydrogens is 266 g/mol. The molecule has 0 amide bonds. The topological polar surface area (TPSA) is 13.1 Å². The Morgan fingerprint density at radius 1 is 0.875 bits per heavy atom. The van der Waals surface area contributed by atoms with Crippen LogP contribution in [0.4, 0.5) is 0 Å². The molecule has 1 aromatic heterocycles. The van der Waals surface area contributed by atoms with E-state index in [4.69, 9.17) is 39.2 Å². The van der Waals surface area contributed by atoms with Gasteiger partial charge in [-0.2, -0.15) is 0 Å². The summed E-state index contributed by atoms with van der Waals surface area (Å²) in [5, 5.41) is 3.50. The molecule has 3 aromatic rings. The molecule has 0 aliphatic rings. The summed E-state index contributed by atoms with van der Waals surface area (Å²) < 4.78 is 5.64. The molecule has 0 unspecified atom stereocenters. The largest absolute Gasteiger partial charge is 0.454 e. The van der Waals surface area contributed by atoms with Crippen LogP contribution in [0.3, 0.4) is 0 Å². The molecule has 0 saturated carbocycles. The van der Waals surface area contributed by atoms with Gasteiger partial charge in [0, 0.05) is 15.8 Å². The number of hydrogen-bond acceptors (Lipinski definition) is 1. The van der Waals surface area contributed by atoms with Crippen molar-refractivity contribution in [1.29, 1.82) is 0 Å². The van der Waals surface area contributed by atoms with Crippen LogP contribution in [-0.4, -0.2) is 0 Å². The molecule has 0 aliphatic heterocycles. The maximum Gasteiger partial charge on any atom is 0.155 e. The Morgan fingerprint density at radius 3 is 2.44 bits per heavy atom. The molecule has 1 heterocycles. The predicted octanol–water partition coefficient (Wildman–Crippen LogP) is 5.55. The smallest absolute Gasteiger partial charge is 0.155 e. The molecule has 0 aliphatic carbocycles. The Morgan fingerprint density at radius 2 is 1.62 bits per heavy atom. The third-order valence-corrected chi connectivity index (χ3v) is 3.33. The van der Waals surface area contributed by atoms with Gasteiger partial charge in [-0.1, -0.05) is 34.8 Å². The molecule has 0 atom stereocenters. The molecule has 1 nitrogen and oxygen atoms in total. The highest BCUT2D eigenvalue weighted by molar-refractivity contribution is 6.42. The lowest BCUT2D eigenvalue weighted by Gasteiger charge is -1.95. The summed E-state index contributed by atoms with van der Waals surface area (Å²) in [6, 6.07) is 8.88. The van der Waals surface area contributed by atoms with Crippen molar-refractivity contribution < 1.29 is 4.42 Å². The third-order valence-electron chi connectivity index (χ3n) is 2.48. The zero-order chi connectivity index (χ0) is 11.3. The van der Waals surface area contributed by atoms with Gasteiger partial charge in [0.1, 0.15) is 5.58 Å². The van der Waals surface area contributed by atoms with Gasteiger partial charge in [0.25, 0.3) is 0 Å². The lowest BCUT2D eigenvalue weighted by molar-refractivity contribution is 0.669. The number of rotatable bonds is 0. The zero-order valence-electron chi connectivity index (χ0n) is 7.93. The molecule has 80 valence electrons. The Bertz CT molecular complexity index is 700. The van der Waals surface area contributed by atoms with E-state index in [9.17, 15) is 0 Å². The van der Waals surface area contributed by atoms with E-state index in [0.717, 1.165) is 16.4 Å². The molecule has 0 radical (unpaired) electrons. The van der Waals surface area contributed by atoms with E-state index in [1.54, 1.807) is 18.2 Å². The first-order valence-corrected chi connectivity index (χ1v) is 5.76. The molecule has 0 saturated heterocycles. The van der Waals surface area contributed by atoms with Gasteiger partial charge in [-0.25, -0.2) is 0 Å². The maximum atomic E-state index is 6.14. The fourth-order valence-electron chi connectivity index (χ4n) is 1.78. The maximum absolute atomic E-state index is 6.14. The fourth-order valence-corrected chi connectivity index (χ4v) is 2.40. The lowest BCUT2D eigenvalue weighted by Crippen LogP contribution is -1.71. The average Bonchev–Trinajstić information content (AvgIpc) is 2.63. The van der Waals surface area contributed by atoms with Gasteiger partial charge in [-0.05, 0) is 30.3 Å². The highest BCUT2D eigenvalue weighted by atomic mass is 35.5. The standard InChI is InChI=1S/C12H5Cl3O/c13-6-1-4-10-7(5-6)11-8(14)2-3-9(15)12(11)16-10/h1-5H. The van der Waals surface area contributed by atoms with Gasteiger partial charge in [0.15, 0.2) is 5.58 Å². The summed E-state index contributed by atoms with van der Waals surface area (Å²) in [7, 11) is 0. The molecule has 3 rings (SSSR count). The van der Waals surface area contributed by atoms with E-state index in [1.807, 2.05) is 12.1 Å². The second kappa shape index (κ2) is 3.56. The zero-order valence-corrected chi connectivity index (χ0v) is 10.2. The molecule has 0 bridgehead atoms. The minimum absolute atomic E-state index is 0.548. The van der Waals surface area contributed by atoms with Crippen LogP contribution in [0.5, 0.6) is 0 Å². The van der Waals surface area contributed by atoms with Crippen molar-refractivity contribution in [2.24, 2.45) is 0 Å². The first kappa shape index (κ1) is 10.3. The van der Waals surface area contributed by atoms with Crippen molar-refractivity contribution in [3.63, 3.8) is 0 Å². The third kappa shape index (κ3) is 1.40. The highest BCUT2D eigenvalue weighted by Crippen LogP contribution is 2.38. The number of hydrogen-bond donors (Lipinski definition) is 0. The number of fused-ring (bicyclic) bond motifs is 3. The molecule has 4 heteroatoms. The van der Waals surface area contributed by atoms with Crippen LogP contribution in [0.2, 0.25) is 15.1 Å². The highest BCUT2D eigenvalue weighted by Gasteiger charge is 2.13. The van der Waals surface area contributed by atoms with Crippen molar-refractivity contribution in [3.05, 3.63) is 45.4 Å². The van der Waals surface area contributed by atoms with Crippen LogP contribution in [0, 0.1) is 0 Å². The molecule has 0 fully saturated rings. The van der Waals surface area contributed by atoms with E-state index >= 15 is 0 Å². The quantitative estimate of drug-likeness (QED) is 0.523. The number of halogens is 3. The SMILES string of the molecule is Clc1ccc2oc3c(Cl)ccc(Cl)c3c2c1. The van der Waals surface area contributed by atoms with Crippen LogP contribution < -0.4 is 0 Å². The van der Waals surface area contributed by atoms with Gasteiger partial charge >= 0.3 is 0 Å². The monoisotopic (exact) mass is 270 g/mol. The van der Waals surface area contributed by atoms with E-state index in [0.29, 0.717) is 20.7 Å². The summed E-state index contributed by atoms with van der Waals surface area (Å²) in [4.78, 5) is 0. The van der Waals surface area contributed by atoms with Crippen molar-refractivity contribution >= 4 is 56.7 Å². The van der Waals surface area contributed by atoms with Crippen LogP contribution in [0.15, 0.2) is 34.7 Å². The fraction of sp³-hybridized carbons (Fsp3) is 0. The number of benzene rings is 2. The molecular formula is C12H5Cl3O. The summed E-state index contributed by atoms with van der Waals surface area (Å²) in [5.41, 5.74) is 1.33. The molecule has 16 heavy (non-hydrogen) atoms. The first-order chi connectivity index (χ1) is 7.66.